The molecule has 0 aromatic carbocycles. The summed E-state index contributed by atoms with van der Waals surface area (Å²) in [6, 6.07) is 0.350. The summed E-state index contributed by atoms with van der Waals surface area (Å²) in [6.45, 7) is 2.09. The van der Waals surface area contributed by atoms with E-state index in [1.807, 2.05) is 12.3 Å². The molecule has 2 nitrogen and oxygen atoms in total. The molecule has 0 aliphatic carbocycles. The van der Waals surface area contributed by atoms with E-state index in [9.17, 15) is 0 Å². The van der Waals surface area contributed by atoms with E-state index < -0.39 is 0 Å². The molecule has 1 aromatic rings. The first-order valence-corrected chi connectivity index (χ1v) is 3.99. The van der Waals surface area contributed by atoms with Crippen molar-refractivity contribution >= 4 is 17.4 Å². The van der Waals surface area contributed by atoms with Gasteiger partial charge in [0.15, 0.2) is 0 Å². The predicted octanol–water partition coefficient (Wildman–Crippen LogP) is 0.783. The molecule has 3 heteroatoms. The number of nitrogens with one attached hydrogen (secondary N) is 1. The number of aromatic nitrogens is 1. The lowest BCUT2D eigenvalue weighted by Crippen LogP contribution is -2.20. The second-order valence-corrected chi connectivity index (χ2v) is 3.10. The Morgan fingerprint density at radius 3 is 3.50 bits per heavy atom. The van der Waals surface area contributed by atoms with E-state index in [0.717, 1.165) is 5.69 Å². The van der Waals surface area contributed by atoms with Crippen molar-refractivity contribution in [2.45, 2.75) is 13.0 Å². The summed E-state index contributed by atoms with van der Waals surface area (Å²) in [5, 5.41) is 3.17. The topological polar surface area (TPSA) is 26.1 Å². The second kappa shape index (κ2) is 1.99. The first-order valence-electron chi connectivity index (χ1n) is 3.17. The van der Waals surface area contributed by atoms with Gasteiger partial charge >= 0.3 is 11.2 Å². The Morgan fingerprint density at radius 2 is 2.70 bits per heavy atom. The molecule has 50 valence electrons. The lowest BCUT2D eigenvalue weighted by Gasteiger charge is -2.06. The van der Waals surface area contributed by atoms with Gasteiger partial charge < -0.3 is 5.32 Å². The van der Waals surface area contributed by atoms with Gasteiger partial charge in [-0.05, 0) is 24.2 Å². The van der Waals surface area contributed by atoms with Gasteiger partial charge in [0.05, 0.1) is 0 Å². The number of hydrogen-bond acceptors (Lipinski definition) is 2. The summed E-state index contributed by atoms with van der Waals surface area (Å²) < 4.78 is 0. The van der Waals surface area contributed by atoms with Gasteiger partial charge in [0.2, 0.25) is 0 Å². The number of nitrogens with zero attached hydrogens (tertiary/aromatic N) is 1. The third kappa shape index (κ3) is 0.695. The maximum atomic E-state index is 4.12. The molecule has 0 fully saturated rings. The molecule has 1 N–H and O–H groups in total. The molecule has 1 unspecified atom stereocenters. The first kappa shape index (κ1) is 5.75. The van der Waals surface area contributed by atoms with E-state index in [2.05, 4.69) is 22.7 Å². The van der Waals surface area contributed by atoms with Gasteiger partial charge in [-0.2, -0.15) is 0 Å². The Morgan fingerprint density at radius 1 is 1.80 bits per heavy atom. The van der Waals surface area contributed by atoms with Crippen molar-refractivity contribution in [1.82, 2.24) is 5.32 Å². The first-order chi connectivity index (χ1) is 4.88. The molecule has 0 amide bonds. The van der Waals surface area contributed by atoms with E-state index in [-0.39, 0.29) is 0 Å². The van der Waals surface area contributed by atoms with Gasteiger partial charge in [-0.3, -0.25) is 0 Å². The number of hydrogen-bond donors (Lipinski definition) is 1. The van der Waals surface area contributed by atoms with Crippen LogP contribution in [0.15, 0.2) is 6.20 Å². The van der Waals surface area contributed by atoms with E-state index in [0.29, 0.717) is 6.04 Å². The van der Waals surface area contributed by atoms with E-state index >= 15 is 0 Å². The van der Waals surface area contributed by atoms with Crippen LogP contribution in [0.5, 0.6) is 0 Å². The summed E-state index contributed by atoms with van der Waals surface area (Å²) in [7, 11) is 0. The average molecular weight is 151 g/mol. The monoisotopic (exact) mass is 151 g/mol. The minimum absolute atomic E-state index is 0.350. The maximum absolute atomic E-state index is 4.12. The van der Waals surface area contributed by atoms with Crippen LogP contribution >= 0.6 is 11.3 Å². The van der Waals surface area contributed by atoms with E-state index in [1.54, 1.807) is 11.3 Å². The normalized spacial score (nSPS) is 21.1. The Balaban J connectivity index is 2.52. The maximum Gasteiger partial charge on any atom is 0.382 e. The minimum Gasteiger partial charge on any atom is -0.378 e. The van der Waals surface area contributed by atoms with Crippen molar-refractivity contribution in [2.75, 3.05) is 0 Å². The fourth-order valence-electron chi connectivity index (χ4n) is 1.01. The van der Waals surface area contributed by atoms with Crippen LogP contribution in [0.2, 0.25) is 0 Å². The van der Waals surface area contributed by atoms with Gasteiger partial charge in [0, 0.05) is 11.3 Å². The van der Waals surface area contributed by atoms with Crippen LogP contribution in [-0.2, 0) is 0 Å². The fourth-order valence-corrected chi connectivity index (χ4v) is 1.71. The summed E-state index contributed by atoms with van der Waals surface area (Å²) in [6.07, 6.45) is 3.99. The minimum atomic E-state index is 0.350. The molecule has 2 heterocycles. The van der Waals surface area contributed by atoms with E-state index in [4.69, 9.17) is 0 Å². The highest BCUT2D eigenvalue weighted by Gasteiger charge is 2.23. The van der Waals surface area contributed by atoms with E-state index in [1.165, 1.54) is 4.88 Å². The molecular formula is C7H7N2S+. The summed E-state index contributed by atoms with van der Waals surface area (Å²) in [5.74, 6) is 0. The van der Waals surface area contributed by atoms with Crippen LogP contribution < -0.4 is 10.3 Å². The van der Waals surface area contributed by atoms with Crippen LogP contribution in [0, 0.1) is 5.51 Å². The number of rotatable bonds is 0. The predicted molar refractivity (Wildman–Crippen MR) is 39.3 cm³/mol. The largest absolute Gasteiger partial charge is 0.382 e. The van der Waals surface area contributed by atoms with Crippen LogP contribution in [-0.4, -0.2) is 0 Å². The Bertz CT molecular complexity index is 264. The van der Waals surface area contributed by atoms with Gasteiger partial charge in [-0.1, -0.05) is 0 Å². The van der Waals surface area contributed by atoms with Crippen molar-refractivity contribution in [2.24, 2.45) is 0 Å². The van der Waals surface area contributed by atoms with Gasteiger partial charge in [-0.25, -0.2) is 0 Å². The lowest BCUT2D eigenvalue weighted by molar-refractivity contribution is -0.307. The van der Waals surface area contributed by atoms with Gasteiger partial charge in [0.25, 0.3) is 0 Å². The average Bonchev–Trinajstić information content (AvgIpc) is 2.36. The molecule has 0 radical (unpaired) electrons. The van der Waals surface area contributed by atoms with Crippen LogP contribution in [0.3, 0.4) is 0 Å². The molecule has 0 bridgehead atoms. The molecule has 1 atom stereocenters. The molecule has 0 saturated heterocycles. The van der Waals surface area contributed by atoms with Gasteiger partial charge in [0.1, 0.15) is 10.9 Å². The number of fused-ring (bicyclic) bond motifs is 1. The molecule has 0 spiro atoms. The third-order valence-electron chi connectivity index (χ3n) is 1.57. The Hall–Kier alpha value is -1.01. The highest BCUT2D eigenvalue weighted by molar-refractivity contribution is 7.09. The molecule has 1 aromatic heterocycles. The second-order valence-electron chi connectivity index (χ2n) is 2.28. The zero-order valence-electron chi connectivity index (χ0n) is 5.59. The molecule has 0 saturated carbocycles. The van der Waals surface area contributed by atoms with Crippen LogP contribution in [0.25, 0.3) is 6.08 Å². The highest BCUT2D eigenvalue weighted by Crippen LogP contribution is 2.19. The van der Waals surface area contributed by atoms with Gasteiger partial charge in [-0.15, -0.1) is 0 Å². The van der Waals surface area contributed by atoms with Crippen molar-refractivity contribution in [3.8, 4) is 0 Å². The lowest BCUT2D eigenvalue weighted by atomic mass is 10.2. The molecular weight excluding hydrogens is 144 g/mol. The van der Waals surface area contributed by atoms with Crippen LogP contribution in [0.1, 0.15) is 23.5 Å². The Labute approximate surface area is 63.6 Å². The summed E-state index contributed by atoms with van der Waals surface area (Å²) in [4.78, 5) is 5.35. The summed E-state index contributed by atoms with van der Waals surface area (Å²) >= 11 is 1.57. The molecule has 1 aliphatic heterocycles. The Kier molecular flexibility index (Phi) is 1.15. The smallest absolute Gasteiger partial charge is 0.378 e. The van der Waals surface area contributed by atoms with Crippen molar-refractivity contribution in [3.63, 3.8) is 0 Å². The fraction of sp³-hybridized carbons (Fsp3) is 0.286. The van der Waals surface area contributed by atoms with Crippen molar-refractivity contribution in [3.05, 3.63) is 22.3 Å². The van der Waals surface area contributed by atoms with Crippen molar-refractivity contribution in [1.29, 1.82) is 0 Å². The van der Waals surface area contributed by atoms with Crippen LogP contribution in [0.4, 0.5) is 0 Å². The standard InChI is InChI=1S/C7H7N2S/c1-5-7-6(2-3-8-5)10-4-9-7/h2-3,5,8H,1H3/q+1. The molecule has 2 rings (SSSR count). The quantitative estimate of drug-likeness (QED) is 0.593. The van der Waals surface area contributed by atoms with Crippen molar-refractivity contribution < 1.29 is 4.98 Å². The SMILES string of the molecule is CC1NC=Cc2sc#[n+]c21. The molecule has 10 heavy (non-hydrogen) atoms. The zero-order chi connectivity index (χ0) is 6.97. The molecule has 1 aliphatic rings. The summed E-state index contributed by atoms with van der Waals surface area (Å²) in [5.41, 5.74) is 3.99. The highest BCUT2D eigenvalue weighted by atomic mass is 32.1. The third-order valence-corrected chi connectivity index (χ3v) is 2.31. The zero-order valence-corrected chi connectivity index (χ0v) is 6.40.